The van der Waals surface area contributed by atoms with Gasteiger partial charge in [0.25, 0.3) is 5.56 Å². The summed E-state index contributed by atoms with van der Waals surface area (Å²) in [6.45, 7) is 1.83. The van der Waals surface area contributed by atoms with Crippen LogP contribution < -0.4 is 20.3 Å². The zero-order valence-corrected chi connectivity index (χ0v) is 15.4. The number of nitrogens with one attached hydrogen (secondary N) is 2. The largest absolute Gasteiger partial charge is 0.469 e. The molecule has 1 aromatic heterocycles. The zero-order chi connectivity index (χ0) is 19.4. The van der Waals surface area contributed by atoms with Gasteiger partial charge < -0.3 is 24.5 Å². The molecule has 10 heteroatoms. The van der Waals surface area contributed by atoms with Crippen molar-refractivity contribution in [2.24, 2.45) is 0 Å². The molecule has 0 saturated heterocycles. The van der Waals surface area contributed by atoms with Gasteiger partial charge in [0, 0.05) is 17.8 Å². The highest BCUT2D eigenvalue weighted by Crippen LogP contribution is 2.34. The lowest BCUT2D eigenvalue weighted by Crippen LogP contribution is -2.23. The standard InChI is InChI=1S/C17H17N3O6S/c1-9(16(23)18-10-3-4-12-13(5-10)26-8-25-12)27-17-19-11(6-14(21)20-17)7-15(22)24-2/h3-6,9H,7-8H2,1-2H3,(H,18,23)(H,19,20,21). The first-order valence-electron chi connectivity index (χ1n) is 7.99. The van der Waals surface area contributed by atoms with Gasteiger partial charge in [0.05, 0.1) is 24.5 Å². The Bertz CT molecular complexity index is 929. The van der Waals surface area contributed by atoms with Crippen LogP contribution in [0.5, 0.6) is 11.5 Å². The number of rotatable bonds is 6. The molecule has 2 aromatic rings. The van der Waals surface area contributed by atoms with E-state index in [1.54, 1.807) is 25.1 Å². The zero-order valence-electron chi connectivity index (χ0n) is 14.6. The Kier molecular flexibility index (Phi) is 5.65. The molecule has 0 saturated carbocycles. The normalized spacial score (nSPS) is 13.1. The Morgan fingerprint density at radius 3 is 2.89 bits per heavy atom. The number of methoxy groups -OCH3 is 1. The third kappa shape index (κ3) is 4.79. The number of benzene rings is 1. The molecule has 2 heterocycles. The molecule has 0 radical (unpaired) electrons. The molecule has 0 spiro atoms. The van der Waals surface area contributed by atoms with Crippen LogP contribution in [0.15, 0.2) is 34.2 Å². The summed E-state index contributed by atoms with van der Waals surface area (Å²) in [5.41, 5.74) is 0.434. The Labute approximate surface area is 158 Å². The van der Waals surface area contributed by atoms with Gasteiger partial charge in [0.1, 0.15) is 0 Å². The Hall–Kier alpha value is -3.01. The molecule has 1 aliphatic heterocycles. The number of hydrogen-bond donors (Lipinski definition) is 2. The molecule has 1 aliphatic rings. The molecule has 2 N–H and O–H groups in total. The molecular formula is C17H17N3O6S. The van der Waals surface area contributed by atoms with Gasteiger partial charge in [-0.05, 0) is 19.1 Å². The highest BCUT2D eigenvalue weighted by atomic mass is 32.2. The quantitative estimate of drug-likeness (QED) is 0.430. The lowest BCUT2D eigenvalue weighted by Gasteiger charge is -2.12. The smallest absolute Gasteiger partial charge is 0.311 e. The van der Waals surface area contributed by atoms with E-state index in [0.717, 1.165) is 11.8 Å². The predicted molar refractivity (Wildman–Crippen MR) is 97.1 cm³/mol. The van der Waals surface area contributed by atoms with Crippen molar-refractivity contribution in [3.05, 3.63) is 40.3 Å². The van der Waals surface area contributed by atoms with E-state index in [4.69, 9.17) is 9.47 Å². The van der Waals surface area contributed by atoms with Crippen LogP contribution in [0.25, 0.3) is 0 Å². The van der Waals surface area contributed by atoms with Crippen LogP contribution in [0.1, 0.15) is 12.6 Å². The van der Waals surface area contributed by atoms with Crippen LogP contribution in [-0.2, 0) is 20.7 Å². The lowest BCUT2D eigenvalue weighted by molar-refractivity contribution is -0.139. The summed E-state index contributed by atoms with van der Waals surface area (Å²) < 4.78 is 15.1. The van der Waals surface area contributed by atoms with Crippen molar-refractivity contribution in [3.63, 3.8) is 0 Å². The van der Waals surface area contributed by atoms with Crippen LogP contribution in [0.2, 0.25) is 0 Å². The van der Waals surface area contributed by atoms with E-state index in [1.165, 1.54) is 13.2 Å². The van der Waals surface area contributed by atoms with Crippen molar-refractivity contribution in [1.82, 2.24) is 9.97 Å². The number of thioether (sulfide) groups is 1. The van der Waals surface area contributed by atoms with Gasteiger partial charge in [0.15, 0.2) is 16.7 Å². The number of carbonyl (C=O) groups excluding carboxylic acids is 2. The number of ether oxygens (including phenoxy) is 3. The molecule has 1 amide bonds. The van der Waals surface area contributed by atoms with Gasteiger partial charge in [0.2, 0.25) is 12.7 Å². The highest BCUT2D eigenvalue weighted by molar-refractivity contribution is 8.00. The Balaban J connectivity index is 1.65. The fraction of sp³-hybridized carbons (Fsp3) is 0.294. The second kappa shape index (κ2) is 8.12. The van der Waals surface area contributed by atoms with Crippen molar-refractivity contribution >= 4 is 29.3 Å². The number of aromatic amines is 1. The minimum atomic E-state index is -0.549. The molecule has 142 valence electrons. The topological polar surface area (TPSA) is 120 Å². The molecule has 1 aromatic carbocycles. The van der Waals surface area contributed by atoms with Crippen LogP contribution >= 0.6 is 11.8 Å². The number of esters is 1. The SMILES string of the molecule is COC(=O)Cc1cc(=O)[nH]c(SC(C)C(=O)Nc2ccc3c(c2)OCO3)n1. The summed E-state index contributed by atoms with van der Waals surface area (Å²) in [5, 5.41) is 2.47. The molecule has 0 bridgehead atoms. The number of fused-ring (bicyclic) bond motifs is 1. The van der Waals surface area contributed by atoms with E-state index in [9.17, 15) is 14.4 Å². The molecule has 0 fully saturated rings. The van der Waals surface area contributed by atoms with Gasteiger partial charge >= 0.3 is 5.97 Å². The first-order valence-corrected chi connectivity index (χ1v) is 8.87. The average molecular weight is 391 g/mol. The van der Waals surface area contributed by atoms with Crippen molar-refractivity contribution in [1.29, 1.82) is 0 Å². The molecule has 0 aliphatic carbocycles. The summed E-state index contributed by atoms with van der Waals surface area (Å²) in [5.74, 6) is 0.409. The van der Waals surface area contributed by atoms with Gasteiger partial charge in [-0.15, -0.1) is 0 Å². The van der Waals surface area contributed by atoms with Crippen LogP contribution in [0.3, 0.4) is 0 Å². The predicted octanol–water partition coefficient (Wildman–Crippen LogP) is 1.33. The van der Waals surface area contributed by atoms with E-state index >= 15 is 0 Å². The summed E-state index contributed by atoms with van der Waals surface area (Å²) in [7, 11) is 1.26. The van der Waals surface area contributed by atoms with Crippen LogP contribution in [-0.4, -0.2) is 41.0 Å². The maximum Gasteiger partial charge on any atom is 0.311 e. The number of amides is 1. The second-order valence-corrected chi connectivity index (χ2v) is 6.94. The van der Waals surface area contributed by atoms with Crippen molar-refractivity contribution < 1.29 is 23.8 Å². The van der Waals surface area contributed by atoms with E-state index in [-0.39, 0.29) is 30.0 Å². The number of aromatic nitrogens is 2. The maximum absolute atomic E-state index is 12.4. The monoisotopic (exact) mass is 391 g/mol. The summed E-state index contributed by atoms with van der Waals surface area (Å²) in [4.78, 5) is 42.2. The van der Waals surface area contributed by atoms with Crippen molar-refractivity contribution in [3.8, 4) is 11.5 Å². The molecule has 27 heavy (non-hydrogen) atoms. The Morgan fingerprint density at radius 1 is 1.33 bits per heavy atom. The molecular weight excluding hydrogens is 374 g/mol. The number of H-pyrrole nitrogens is 1. The maximum atomic E-state index is 12.4. The van der Waals surface area contributed by atoms with Crippen LogP contribution in [0, 0.1) is 0 Å². The summed E-state index contributed by atoms with van der Waals surface area (Å²) in [6.07, 6.45) is -0.119. The minimum Gasteiger partial charge on any atom is -0.469 e. The number of nitrogens with zero attached hydrogens (tertiary/aromatic N) is 1. The fourth-order valence-corrected chi connectivity index (χ4v) is 3.12. The van der Waals surface area contributed by atoms with E-state index in [1.807, 2.05) is 0 Å². The van der Waals surface area contributed by atoms with E-state index in [0.29, 0.717) is 17.2 Å². The van der Waals surface area contributed by atoms with Gasteiger partial charge in [-0.2, -0.15) is 0 Å². The molecule has 1 unspecified atom stereocenters. The number of anilines is 1. The van der Waals surface area contributed by atoms with Crippen molar-refractivity contribution in [2.75, 3.05) is 19.2 Å². The fourth-order valence-electron chi connectivity index (χ4n) is 2.29. The lowest BCUT2D eigenvalue weighted by atomic mass is 10.2. The average Bonchev–Trinajstić information content (AvgIpc) is 3.08. The second-order valence-electron chi connectivity index (χ2n) is 5.61. The highest BCUT2D eigenvalue weighted by Gasteiger charge is 2.19. The van der Waals surface area contributed by atoms with Crippen LogP contribution in [0.4, 0.5) is 5.69 Å². The third-order valence-electron chi connectivity index (χ3n) is 3.62. The number of carbonyl (C=O) groups is 2. The van der Waals surface area contributed by atoms with Gasteiger partial charge in [-0.1, -0.05) is 11.8 Å². The van der Waals surface area contributed by atoms with E-state index in [2.05, 4.69) is 20.0 Å². The first kappa shape index (κ1) is 18.8. The van der Waals surface area contributed by atoms with Gasteiger partial charge in [-0.3, -0.25) is 14.4 Å². The number of hydrogen-bond acceptors (Lipinski definition) is 8. The Morgan fingerprint density at radius 2 is 2.11 bits per heavy atom. The molecule has 3 rings (SSSR count). The molecule has 1 atom stereocenters. The first-order chi connectivity index (χ1) is 12.9. The molecule has 9 nitrogen and oxygen atoms in total. The van der Waals surface area contributed by atoms with Crippen molar-refractivity contribution in [2.45, 2.75) is 23.8 Å². The van der Waals surface area contributed by atoms with Gasteiger partial charge in [-0.25, -0.2) is 4.98 Å². The minimum absolute atomic E-state index is 0.119. The third-order valence-corrected chi connectivity index (χ3v) is 4.61. The summed E-state index contributed by atoms with van der Waals surface area (Å²) >= 11 is 1.07. The summed E-state index contributed by atoms with van der Waals surface area (Å²) in [6, 6.07) is 6.32. The van der Waals surface area contributed by atoms with E-state index < -0.39 is 16.8 Å².